The first-order chi connectivity index (χ1) is 14.7. The number of nitrogens with zero attached hydrogens (tertiary/aromatic N) is 3. The molecule has 2 heterocycles. The van der Waals surface area contributed by atoms with Crippen LogP contribution in [-0.2, 0) is 14.8 Å². The van der Waals surface area contributed by atoms with Crippen molar-refractivity contribution < 1.29 is 22.8 Å². The summed E-state index contributed by atoms with van der Waals surface area (Å²) < 4.78 is 25.2. The van der Waals surface area contributed by atoms with Crippen LogP contribution in [0.3, 0.4) is 0 Å². The highest BCUT2D eigenvalue weighted by molar-refractivity contribution is 8.18. The van der Waals surface area contributed by atoms with Crippen LogP contribution in [0.25, 0.3) is 6.08 Å². The van der Waals surface area contributed by atoms with E-state index in [0.717, 1.165) is 21.0 Å². The zero-order valence-corrected chi connectivity index (χ0v) is 18.4. The number of rotatable bonds is 7. The van der Waals surface area contributed by atoms with Crippen molar-refractivity contribution in [3.63, 3.8) is 0 Å². The number of amides is 3. The molecule has 162 valence electrons. The molecule has 0 spiro atoms. The lowest BCUT2D eigenvalue weighted by atomic mass is 10.2. The summed E-state index contributed by atoms with van der Waals surface area (Å²) in [5.41, 5.74) is 0.976. The van der Waals surface area contributed by atoms with Gasteiger partial charge in [-0.1, -0.05) is 6.07 Å². The van der Waals surface area contributed by atoms with Gasteiger partial charge in [0.05, 0.1) is 9.80 Å². The Morgan fingerprint density at radius 2 is 1.90 bits per heavy atom. The van der Waals surface area contributed by atoms with Crippen molar-refractivity contribution in [1.29, 1.82) is 0 Å². The fourth-order valence-electron chi connectivity index (χ4n) is 2.68. The first-order valence-corrected chi connectivity index (χ1v) is 11.4. The third-order valence-electron chi connectivity index (χ3n) is 4.37. The summed E-state index contributed by atoms with van der Waals surface area (Å²) in [6, 6.07) is 9.02. The van der Waals surface area contributed by atoms with Gasteiger partial charge in [0, 0.05) is 45.1 Å². The molecule has 0 atom stereocenters. The van der Waals surface area contributed by atoms with E-state index in [1.165, 1.54) is 38.4 Å². The third kappa shape index (κ3) is 5.19. The van der Waals surface area contributed by atoms with Crippen LogP contribution in [0.4, 0.5) is 4.79 Å². The van der Waals surface area contributed by atoms with Crippen LogP contribution >= 0.6 is 11.8 Å². The molecule has 0 saturated carbocycles. The maximum atomic E-state index is 12.5. The highest BCUT2D eigenvalue weighted by atomic mass is 32.2. The smallest absolute Gasteiger partial charge is 0.293 e. The second-order valence-corrected chi connectivity index (χ2v) is 9.83. The van der Waals surface area contributed by atoms with Crippen molar-refractivity contribution in [3.05, 3.63) is 64.8 Å². The van der Waals surface area contributed by atoms with Crippen LogP contribution in [0.15, 0.2) is 58.6 Å². The van der Waals surface area contributed by atoms with Crippen molar-refractivity contribution in [2.45, 2.75) is 4.90 Å². The Morgan fingerprint density at radius 3 is 2.52 bits per heavy atom. The second-order valence-electron chi connectivity index (χ2n) is 6.69. The van der Waals surface area contributed by atoms with E-state index in [0.29, 0.717) is 10.5 Å². The fourth-order valence-corrected chi connectivity index (χ4v) is 4.44. The molecule has 1 aliphatic heterocycles. The molecule has 0 aliphatic carbocycles. The van der Waals surface area contributed by atoms with Crippen LogP contribution in [0.2, 0.25) is 0 Å². The molecule has 1 saturated heterocycles. The Labute approximate surface area is 184 Å². The number of pyridine rings is 1. The molecular formula is C20H20N4O5S2. The summed E-state index contributed by atoms with van der Waals surface area (Å²) in [6.07, 6.45) is 4.80. The molecule has 1 aromatic carbocycles. The molecule has 0 bridgehead atoms. The predicted octanol–water partition coefficient (Wildman–Crippen LogP) is 1.80. The molecule has 1 aromatic heterocycles. The van der Waals surface area contributed by atoms with Gasteiger partial charge in [0.2, 0.25) is 10.0 Å². The van der Waals surface area contributed by atoms with Gasteiger partial charge >= 0.3 is 0 Å². The summed E-state index contributed by atoms with van der Waals surface area (Å²) >= 11 is 0.835. The van der Waals surface area contributed by atoms with Crippen LogP contribution in [0, 0.1) is 0 Å². The summed E-state index contributed by atoms with van der Waals surface area (Å²) in [5, 5.41) is 2.22. The molecule has 1 fully saturated rings. The number of sulfonamides is 1. The first kappa shape index (κ1) is 22.7. The van der Waals surface area contributed by atoms with E-state index in [1.807, 2.05) is 0 Å². The second kappa shape index (κ2) is 9.41. The molecule has 0 radical (unpaired) electrons. The Kier molecular flexibility index (Phi) is 6.88. The van der Waals surface area contributed by atoms with E-state index >= 15 is 0 Å². The number of nitrogens with one attached hydrogen (secondary N) is 1. The SMILES string of the molecule is CN(C)S(=O)(=O)c1ccc(C(=O)NCCN2C(=O)SC(=Cc3cccnc3)C2=O)cc1. The monoisotopic (exact) mass is 460 g/mol. The van der Waals surface area contributed by atoms with E-state index in [4.69, 9.17) is 0 Å². The minimum absolute atomic E-state index is 0.0217. The van der Waals surface area contributed by atoms with E-state index in [1.54, 1.807) is 30.6 Å². The van der Waals surface area contributed by atoms with Gasteiger partial charge in [-0.15, -0.1) is 0 Å². The number of hydrogen-bond acceptors (Lipinski definition) is 7. The molecule has 9 nitrogen and oxygen atoms in total. The van der Waals surface area contributed by atoms with E-state index in [-0.39, 0.29) is 23.5 Å². The number of imide groups is 1. The number of aromatic nitrogens is 1. The van der Waals surface area contributed by atoms with Crippen molar-refractivity contribution >= 4 is 44.9 Å². The molecule has 11 heteroatoms. The Morgan fingerprint density at radius 1 is 1.19 bits per heavy atom. The molecule has 1 N–H and O–H groups in total. The van der Waals surface area contributed by atoms with Gasteiger partial charge < -0.3 is 5.32 Å². The van der Waals surface area contributed by atoms with Crippen molar-refractivity contribution in [2.24, 2.45) is 0 Å². The number of benzene rings is 1. The van der Waals surface area contributed by atoms with Gasteiger partial charge in [0.1, 0.15) is 0 Å². The summed E-state index contributed by atoms with van der Waals surface area (Å²) in [7, 11) is -0.733. The number of carbonyl (C=O) groups is 3. The van der Waals surface area contributed by atoms with E-state index in [2.05, 4.69) is 10.3 Å². The number of thioether (sulfide) groups is 1. The van der Waals surface area contributed by atoms with Crippen LogP contribution in [0.5, 0.6) is 0 Å². The molecule has 0 unspecified atom stereocenters. The molecule has 3 rings (SSSR count). The van der Waals surface area contributed by atoms with Crippen LogP contribution in [0.1, 0.15) is 15.9 Å². The van der Waals surface area contributed by atoms with Crippen LogP contribution < -0.4 is 5.32 Å². The largest absolute Gasteiger partial charge is 0.350 e. The lowest BCUT2D eigenvalue weighted by Gasteiger charge is -2.13. The van der Waals surface area contributed by atoms with Gasteiger partial charge in [-0.3, -0.25) is 24.3 Å². The summed E-state index contributed by atoms with van der Waals surface area (Å²) in [6.45, 7) is 0.0860. The Bertz CT molecular complexity index is 1130. The zero-order chi connectivity index (χ0) is 22.6. The van der Waals surface area contributed by atoms with Crippen molar-refractivity contribution in [1.82, 2.24) is 19.5 Å². The number of hydrogen-bond donors (Lipinski definition) is 1. The molecule has 31 heavy (non-hydrogen) atoms. The number of carbonyl (C=O) groups excluding carboxylic acids is 3. The highest BCUT2D eigenvalue weighted by Crippen LogP contribution is 2.31. The van der Waals surface area contributed by atoms with E-state index in [9.17, 15) is 22.8 Å². The van der Waals surface area contributed by atoms with Gasteiger partial charge in [0.25, 0.3) is 17.1 Å². The minimum atomic E-state index is -3.58. The quantitative estimate of drug-likeness (QED) is 0.626. The van der Waals surface area contributed by atoms with Gasteiger partial charge in [-0.05, 0) is 53.7 Å². The van der Waals surface area contributed by atoms with Crippen molar-refractivity contribution in [2.75, 3.05) is 27.2 Å². The molecule has 2 aromatic rings. The zero-order valence-electron chi connectivity index (χ0n) is 16.8. The average Bonchev–Trinajstić information content (AvgIpc) is 3.01. The Hall–Kier alpha value is -3.02. The van der Waals surface area contributed by atoms with Crippen molar-refractivity contribution in [3.8, 4) is 0 Å². The van der Waals surface area contributed by atoms with E-state index < -0.39 is 27.1 Å². The van der Waals surface area contributed by atoms with Gasteiger partial charge in [0.15, 0.2) is 0 Å². The summed E-state index contributed by atoms with van der Waals surface area (Å²) in [5.74, 6) is -0.863. The molecular weight excluding hydrogens is 440 g/mol. The topological polar surface area (TPSA) is 117 Å². The maximum absolute atomic E-state index is 12.5. The molecule has 3 amide bonds. The first-order valence-electron chi connectivity index (χ1n) is 9.16. The predicted molar refractivity (Wildman–Crippen MR) is 117 cm³/mol. The lowest BCUT2D eigenvalue weighted by molar-refractivity contribution is -0.122. The lowest BCUT2D eigenvalue weighted by Crippen LogP contribution is -2.37. The Balaban J connectivity index is 1.57. The standard InChI is InChI=1S/C20H20N4O5S2/c1-23(2)31(28,29)16-7-5-15(6-8-16)18(25)22-10-11-24-19(26)17(30-20(24)27)12-14-4-3-9-21-13-14/h3-9,12-13H,10-11H2,1-2H3,(H,22,25). The minimum Gasteiger partial charge on any atom is -0.350 e. The van der Waals surface area contributed by atoms with Gasteiger partial charge in [-0.25, -0.2) is 12.7 Å². The third-order valence-corrected chi connectivity index (χ3v) is 7.11. The maximum Gasteiger partial charge on any atom is 0.293 e. The van der Waals surface area contributed by atoms with Gasteiger partial charge in [-0.2, -0.15) is 0 Å². The highest BCUT2D eigenvalue weighted by Gasteiger charge is 2.34. The fraction of sp³-hybridized carbons (Fsp3) is 0.200. The molecule has 1 aliphatic rings. The normalized spacial score (nSPS) is 15.7. The van der Waals surface area contributed by atoms with Crippen LogP contribution in [-0.4, -0.2) is 66.8 Å². The summed E-state index contributed by atoms with van der Waals surface area (Å²) in [4.78, 5) is 42.3. The average molecular weight is 461 g/mol.